The Kier molecular flexibility index (Phi) is 6.33. The molecule has 0 saturated heterocycles. The number of hydrogen-bond donors (Lipinski definition) is 2. The molecular weight excluding hydrogens is 266 g/mol. The Hall–Kier alpha value is -1.43. The van der Waals surface area contributed by atoms with Crippen molar-refractivity contribution < 1.29 is 4.79 Å². The highest BCUT2D eigenvalue weighted by atomic mass is 16.2. The van der Waals surface area contributed by atoms with E-state index < -0.39 is 0 Å². The van der Waals surface area contributed by atoms with Gasteiger partial charge in [0.2, 0.25) is 5.91 Å². The van der Waals surface area contributed by atoms with Crippen LogP contribution in [0.15, 0.2) is 6.20 Å². The first-order valence-corrected chi connectivity index (χ1v) is 7.68. The maximum absolute atomic E-state index is 12.2. The van der Waals surface area contributed by atoms with Crippen molar-refractivity contribution in [3.05, 3.63) is 11.9 Å². The van der Waals surface area contributed by atoms with Crippen molar-refractivity contribution in [1.29, 1.82) is 0 Å². The van der Waals surface area contributed by atoms with E-state index in [-0.39, 0.29) is 17.5 Å². The molecule has 6 heteroatoms. The molecule has 21 heavy (non-hydrogen) atoms. The Morgan fingerprint density at radius 2 is 2.05 bits per heavy atom. The Morgan fingerprint density at radius 3 is 2.62 bits per heavy atom. The highest BCUT2D eigenvalue weighted by Crippen LogP contribution is 2.11. The maximum Gasteiger partial charge on any atom is 0.245 e. The van der Waals surface area contributed by atoms with Crippen molar-refractivity contribution in [2.75, 3.05) is 6.54 Å². The van der Waals surface area contributed by atoms with Crippen LogP contribution in [0, 0.1) is 5.92 Å². The summed E-state index contributed by atoms with van der Waals surface area (Å²) < 4.78 is 1.62. The van der Waals surface area contributed by atoms with E-state index in [0.717, 1.165) is 18.7 Å². The molecule has 1 atom stereocenters. The molecule has 1 aromatic heterocycles. The van der Waals surface area contributed by atoms with Crippen molar-refractivity contribution in [2.45, 2.75) is 66.1 Å². The van der Waals surface area contributed by atoms with Crippen molar-refractivity contribution >= 4 is 5.91 Å². The zero-order valence-corrected chi connectivity index (χ0v) is 14.1. The number of carbonyl (C=O) groups excluding carboxylic acids is 1. The Balaban J connectivity index is 2.57. The second kappa shape index (κ2) is 7.54. The van der Waals surface area contributed by atoms with Crippen LogP contribution in [0.1, 0.15) is 59.7 Å². The first kappa shape index (κ1) is 17.6. The molecule has 0 fully saturated rings. The summed E-state index contributed by atoms with van der Waals surface area (Å²) in [6.07, 6.45) is 2.71. The molecule has 0 radical (unpaired) electrons. The van der Waals surface area contributed by atoms with Gasteiger partial charge in [0.25, 0.3) is 0 Å². The summed E-state index contributed by atoms with van der Waals surface area (Å²) in [6, 6.07) is -0.359. The Labute approximate surface area is 127 Å². The number of hydrogen-bond acceptors (Lipinski definition) is 4. The van der Waals surface area contributed by atoms with Gasteiger partial charge in [0, 0.05) is 12.1 Å². The fourth-order valence-electron chi connectivity index (χ4n) is 1.72. The molecule has 6 nitrogen and oxygen atoms in total. The third-order valence-corrected chi connectivity index (χ3v) is 3.54. The van der Waals surface area contributed by atoms with E-state index in [9.17, 15) is 4.79 Å². The number of nitrogens with zero attached hydrogens (tertiary/aromatic N) is 3. The molecule has 1 amide bonds. The van der Waals surface area contributed by atoms with Crippen LogP contribution in [0.4, 0.5) is 0 Å². The first-order chi connectivity index (χ1) is 9.75. The molecule has 2 N–H and O–H groups in total. The molecule has 0 aliphatic rings. The fourth-order valence-corrected chi connectivity index (χ4v) is 1.72. The van der Waals surface area contributed by atoms with Gasteiger partial charge >= 0.3 is 0 Å². The number of carbonyl (C=O) groups is 1. The second-order valence-electron chi connectivity index (χ2n) is 6.62. The lowest BCUT2D eigenvalue weighted by Crippen LogP contribution is -2.45. The SMILES string of the molecule is CCC(C)(C)NC(=O)C(C)n1cc(CNCC(C)C)nn1. The van der Waals surface area contributed by atoms with Gasteiger partial charge in [-0.05, 0) is 39.7 Å². The van der Waals surface area contributed by atoms with Gasteiger partial charge in [-0.15, -0.1) is 5.10 Å². The summed E-state index contributed by atoms with van der Waals surface area (Å²) in [6.45, 7) is 13.8. The van der Waals surface area contributed by atoms with E-state index in [0.29, 0.717) is 12.5 Å². The largest absolute Gasteiger partial charge is 0.349 e. The monoisotopic (exact) mass is 295 g/mol. The third kappa shape index (κ3) is 5.83. The normalized spacial score (nSPS) is 13.5. The predicted molar refractivity (Wildman–Crippen MR) is 83.8 cm³/mol. The lowest BCUT2D eigenvalue weighted by atomic mass is 10.0. The second-order valence-corrected chi connectivity index (χ2v) is 6.62. The van der Waals surface area contributed by atoms with Crippen molar-refractivity contribution in [3.63, 3.8) is 0 Å². The van der Waals surface area contributed by atoms with E-state index in [4.69, 9.17) is 0 Å². The highest BCUT2D eigenvalue weighted by molar-refractivity contribution is 5.80. The Bertz CT molecular complexity index is 453. The molecule has 120 valence electrons. The average Bonchev–Trinajstić information content (AvgIpc) is 2.85. The number of nitrogens with one attached hydrogen (secondary N) is 2. The quantitative estimate of drug-likeness (QED) is 0.768. The lowest BCUT2D eigenvalue weighted by Gasteiger charge is -2.26. The topological polar surface area (TPSA) is 71.8 Å². The van der Waals surface area contributed by atoms with Gasteiger partial charge in [-0.3, -0.25) is 4.79 Å². The summed E-state index contributed by atoms with van der Waals surface area (Å²) in [5.41, 5.74) is 0.651. The van der Waals surface area contributed by atoms with Gasteiger partial charge in [-0.1, -0.05) is 26.0 Å². The molecule has 1 aromatic rings. The summed E-state index contributed by atoms with van der Waals surface area (Å²) in [5, 5.41) is 14.5. The van der Waals surface area contributed by atoms with Crippen molar-refractivity contribution in [3.8, 4) is 0 Å². The van der Waals surface area contributed by atoms with Crippen LogP contribution < -0.4 is 10.6 Å². The van der Waals surface area contributed by atoms with Gasteiger partial charge in [-0.2, -0.15) is 0 Å². The standard InChI is InChI=1S/C15H29N5O/c1-7-15(5,6)17-14(21)12(4)20-10-13(18-19-20)9-16-8-11(2)3/h10-12,16H,7-9H2,1-6H3,(H,17,21). The van der Waals surface area contributed by atoms with Crippen LogP contribution in [-0.2, 0) is 11.3 Å². The lowest BCUT2D eigenvalue weighted by molar-refractivity contribution is -0.125. The number of rotatable bonds is 8. The van der Waals surface area contributed by atoms with Crippen molar-refractivity contribution in [2.24, 2.45) is 5.92 Å². The van der Waals surface area contributed by atoms with E-state index in [1.807, 2.05) is 27.0 Å². The van der Waals surface area contributed by atoms with Crippen LogP contribution in [0.5, 0.6) is 0 Å². The van der Waals surface area contributed by atoms with Gasteiger partial charge in [0.05, 0.1) is 11.9 Å². The molecule has 0 aliphatic heterocycles. The summed E-state index contributed by atoms with van der Waals surface area (Å²) >= 11 is 0. The molecule has 0 spiro atoms. The minimum atomic E-state index is -0.359. The molecule has 0 aromatic carbocycles. The maximum atomic E-state index is 12.2. The molecule has 0 aliphatic carbocycles. The smallest absolute Gasteiger partial charge is 0.245 e. The van der Waals surface area contributed by atoms with E-state index in [1.54, 1.807) is 4.68 Å². The summed E-state index contributed by atoms with van der Waals surface area (Å²) in [5.74, 6) is 0.564. The third-order valence-electron chi connectivity index (χ3n) is 3.54. The minimum absolute atomic E-state index is 0.0339. The molecule has 1 unspecified atom stereocenters. The fraction of sp³-hybridized carbons (Fsp3) is 0.800. The van der Waals surface area contributed by atoms with E-state index in [2.05, 4.69) is 41.7 Å². The van der Waals surface area contributed by atoms with Crippen LogP contribution >= 0.6 is 0 Å². The van der Waals surface area contributed by atoms with Crippen molar-refractivity contribution in [1.82, 2.24) is 25.6 Å². The number of amides is 1. The van der Waals surface area contributed by atoms with E-state index >= 15 is 0 Å². The summed E-state index contributed by atoms with van der Waals surface area (Å²) in [7, 11) is 0. The average molecular weight is 295 g/mol. The van der Waals surface area contributed by atoms with Crippen LogP contribution in [-0.4, -0.2) is 33.0 Å². The van der Waals surface area contributed by atoms with Gasteiger partial charge in [0.15, 0.2) is 0 Å². The van der Waals surface area contributed by atoms with Gasteiger partial charge < -0.3 is 10.6 Å². The zero-order chi connectivity index (χ0) is 16.0. The van der Waals surface area contributed by atoms with E-state index in [1.165, 1.54) is 0 Å². The number of aromatic nitrogens is 3. The molecular formula is C15H29N5O. The van der Waals surface area contributed by atoms with Crippen LogP contribution in [0.25, 0.3) is 0 Å². The molecule has 1 rings (SSSR count). The first-order valence-electron chi connectivity index (χ1n) is 7.68. The molecule has 0 bridgehead atoms. The highest BCUT2D eigenvalue weighted by Gasteiger charge is 2.23. The molecule has 0 saturated carbocycles. The van der Waals surface area contributed by atoms with Crippen LogP contribution in [0.3, 0.4) is 0 Å². The molecule has 1 heterocycles. The minimum Gasteiger partial charge on any atom is -0.349 e. The summed E-state index contributed by atoms with van der Waals surface area (Å²) in [4.78, 5) is 12.2. The predicted octanol–water partition coefficient (Wildman–Crippen LogP) is 1.89. The van der Waals surface area contributed by atoms with Gasteiger partial charge in [0.1, 0.15) is 6.04 Å². The van der Waals surface area contributed by atoms with Crippen LogP contribution in [0.2, 0.25) is 0 Å². The van der Waals surface area contributed by atoms with Gasteiger partial charge in [-0.25, -0.2) is 4.68 Å². The Morgan fingerprint density at radius 1 is 1.38 bits per heavy atom. The zero-order valence-electron chi connectivity index (χ0n) is 14.1.